The fourth-order valence-corrected chi connectivity index (χ4v) is 1.65. The van der Waals surface area contributed by atoms with Gasteiger partial charge in [-0.15, -0.1) is 0 Å². The molecule has 102 valence electrons. The number of aliphatic hydroxyl groups is 1. The Morgan fingerprint density at radius 1 is 1.28 bits per heavy atom. The molecule has 0 amide bonds. The van der Waals surface area contributed by atoms with Gasteiger partial charge in [0, 0.05) is 13.1 Å². The van der Waals surface area contributed by atoms with E-state index in [2.05, 4.69) is 0 Å². The minimum atomic E-state index is -4.25. The Morgan fingerprint density at radius 2 is 1.83 bits per heavy atom. The standard InChI is InChI=1S/C12H17F3N2O/c1-17(8-12(13,14)15)7-11(18)10-4-2-9(6-16)3-5-10/h2-5,11,18H,6-8,16H2,1H3. The van der Waals surface area contributed by atoms with Crippen molar-refractivity contribution < 1.29 is 18.3 Å². The zero-order valence-corrected chi connectivity index (χ0v) is 10.1. The van der Waals surface area contributed by atoms with Crippen LogP contribution in [0.25, 0.3) is 0 Å². The van der Waals surface area contributed by atoms with E-state index in [0.29, 0.717) is 12.1 Å². The minimum absolute atomic E-state index is 0.0680. The highest BCUT2D eigenvalue weighted by Crippen LogP contribution is 2.19. The van der Waals surface area contributed by atoms with E-state index >= 15 is 0 Å². The highest BCUT2D eigenvalue weighted by atomic mass is 19.4. The minimum Gasteiger partial charge on any atom is -0.387 e. The van der Waals surface area contributed by atoms with E-state index in [4.69, 9.17) is 5.73 Å². The number of nitrogens with two attached hydrogens (primary N) is 1. The zero-order chi connectivity index (χ0) is 13.8. The lowest BCUT2D eigenvalue weighted by molar-refractivity contribution is -0.145. The molecule has 0 aliphatic heterocycles. The normalized spacial score (nSPS) is 13.9. The smallest absolute Gasteiger partial charge is 0.387 e. The number of alkyl halides is 3. The fraction of sp³-hybridized carbons (Fsp3) is 0.500. The molecule has 3 nitrogen and oxygen atoms in total. The van der Waals surface area contributed by atoms with E-state index < -0.39 is 18.8 Å². The van der Waals surface area contributed by atoms with Gasteiger partial charge in [-0.3, -0.25) is 4.90 Å². The number of nitrogens with zero attached hydrogens (tertiary/aromatic N) is 1. The van der Waals surface area contributed by atoms with E-state index in [1.807, 2.05) is 0 Å². The van der Waals surface area contributed by atoms with Crippen LogP contribution >= 0.6 is 0 Å². The largest absolute Gasteiger partial charge is 0.401 e. The summed E-state index contributed by atoms with van der Waals surface area (Å²) in [6.07, 6.45) is -5.19. The van der Waals surface area contributed by atoms with Gasteiger partial charge in [-0.25, -0.2) is 0 Å². The van der Waals surface area contributed by atoms with Crippen molar-refractivity contribution in [1.29, 1.82) is 0 Å². The van der Waals surface area contributed by atoms with Gasteiger partial charge in [-0.2, -0.15) is 13.2 Å². The van der Waals surface area contributed by atoms with Crippen LogP contribution in [0.1, 0.15) is 17.2 Å². The predicted molar refractivity (Wildman–Crippen MR) is 62.8 cm³/mol. The molecule has 1 aromatic carbocycles. The van der Waals surface area contributed by atoms with Gasteiger partial charge in [0.25, 0.3) is 0 Å². The lowest BCUT2D eigenvalue weighted by Gasteiger charge is -2.22. The molecule has 0 aromatic heterocycles. The molecule has 0 bridgehead atoms. The summed E-state index contributed by atoms with van der Waals surface area (Å²) in [7, 11) is 1.32. The van der Waals surface area contributed by atoms with Gasteiger partial charge in [-0.05, 0) is 18.2 Å². The number of halogens is 3. The van der Waals surface area contributed by atoms with Crippen molar-refractivity contribution in [3.05, 3.63) is 35.4 Å². The molecule has 0 radical (unpaired) electrons. The van der Waals surface area contributed by atoms with Crippen LogP contribution in [-0.4, -0.2) is 36.3 Å². The molecule has 1 atom stereocenters. The zero-order valence-electron chi connectivity index (χ0n) is 10.1. The number of hydrogen-bond donors (Lipinski definition) is 2. The van der Waals surface area contributed by atoms with Gasteiger partial charge in [0.1, 0.15) is 0 Å². The van der Waals surface area contributed by atoms with Crippen molar-refractivity contribution in [2.24, 2.45) is 5.73 Å². The first-order chi connectivity index (χ1) is 8.31. The lowest BCUT2D eigenvalue weighted by atomic mass is 10.1. The average molecular weight is 262 g/mol. The number of hydrogen-bond acceptors (Lipinski definition) is 3. The molecule has 1 aromatic rings. The first-order valence-corrected chi connectivity index (χ1v) is 5.54. The van der Waals surface area contributed by atoms with Gasteiger partial charge in [0.05, 0.1) is 12.6 Å². The van der Waals surface area contributed by atoms with Crippen LogP contribution in [0.5, 0.6) is 0 Å². The van der Waals surface area contributed by atoms with Gasteiger partial charge in [-0.1, -0.05) is 24.3 Å². The van der Waals surface area contributed by atoms with Crippen molar-refractivity contribution >= 4 is 0 Å². The van der Waals surface area contributed by atoms with Crippen molar-refractivity contribution in [1.82, 2.24) is 4.90 Å². The Kier molecular flexibility index (Phi) is 5.13. The molecule has 1 rings (SSSR count). The molecule has 1 unspecified atom stereocenters. The molecule has 0 aliphatic carbocycles. The Labute approximate surface area is 104 Å². The van der Waals surface area contributed by atoms with Gasteiger partial charge in [0.2, 0.25) is 0 Å². The maximum atomic E-state index is 12.1. The summed E-state index contributed by atoms with van der Waals surface area (Å²) in [5.41, 5.74) is 6.93. The Bertz CT molecular complexity index is 365. The van der Waals surface area contributed by atoms with Crippen molar-refractivity contribution in [3.8, 4) is 0 Å². The molecule has 0 saturated carbocycles. The maximum Gasteiger partial charge on any atom is 0.401 e. The van der Waals surface area contributed by atoms with Crippen LogP contribution in [-0.2, 0) is 6.54 Å². The summed E-state index contributed by atoms with van der Waals surface area (Å²) in [6, 6.07) is 6.85. The molecule has 0 heterocycles. The first kappa shape index (κ1) is 14.9. The molecule has 0 spiro atoms. The van der Waals surface area contributed by atoms with Gasteiger partial charge in [0.15, 0.2) is 0 Å². The summed E-state index contributed by atoms with van der Waals surface area (Å²) >= 11 is 0. The Morgan fingerprint density at radius 3 is 2.28 bits per heavy atom. The van der Waals surface area contributed by atoms with Crippen molar-refractivity contribution in [2.45, 2.75) is 18.8 Å². The summed E-state index contributed by atoms with van der Waals surface area (Å²) in [5.74, 6) is 0. The molecule has 0 saturated heterocycles. The number of aliphatic hydroxyl groups excluding tert-OH is 1. The predicted octanol–water partition coefficient (Wildman–Crippen LogP) is 1.67. The summed E-state index contributed by atoms with van der Waals surface area (Å²) < 4.78 is 36.4. The summed E-state index contributed by atoms with van der Waals surface area (Å²) in [5, 5.41) is 9.81. The summed E-state index contributed by atoms with van der Waals surface area (Å²) in [6.45, 7) is -0.712. The number of benzene rings is 1. The molecule has 3 N–H and O–H groups in total. The van der Waals surface area contributed by atoms with Crippen molar-refractivity contribution in [2.75, 3.05) is 20.1 Å². The molecular formula is C12H17F3N2O. The van der Waals surface area contributed by atoms with Crippen molar-refractivity contribution in [3.63, 3.8) is 0 Å². The van der Waals surface area contributed by atoms with Crippen LogP contribution in [0.15, 0.2) is 24.3 Å². The maximum absolute atomic E-state index is 12.1. The van der Waals surface area contributed by atoms with Crippen LogP contribution in [0.4, 0.5) is 13.2 Å². The van der Waals surface area contributed by atoms with Gasteiger partial charge >= 0.3 is 6.18 Å². The van der Waals surface area contributed by atoms with E-state index in [1.54, 1.807) is 24.3 Å². The van der Waals surface area contributed by atoms with Crippen LogP contribution in [0.3, 0.4) is 0 Å². The van der Waals surface area contributed by atoms with Crippen LogP contribution in [0, 0.1) is 0 Å². The third-order valence-electron chi connectivity index (χ3n) is 2.53. The van der Waals surface area contributed by atoms with E-state index in [9.17, 15) is 18.3 Å². The number of rotatable bonds is 5. The Hall–Kier alpha value is -1.11. The topological polar surface area (TPSA) is 49.5 Å². The second kappa shape index (κ2) is 6.17. The van der Waals surface area contributed by atoms with Crippen LogP contribution in [0.2, 0.25) is 0 Å². The second-order valence-electron chi connectivity index (χ2n) is 4.27. The third-order valence-corrected chi connectivity index (χ3v) is 2.53. The highest BCUT2D eigenvalue weighted by Gasteiger charge is 2.29. The fourth-order valence-electron chi connectivity index (χ4n) is 1.65. The third kappa shape index (κ3) is 5.03. The lowest BCUT2D eigenvalue weighted by Crippen LogP contribution is -2.34. The van der Waals surface area contributed by atoms with Gasteiger partial charge < -0.3 is 10.8 Å². The van der Waals surface area contributed by atoms with E-state index in [0.717, 1.165) is 10.5 Å². The van der Waals surface area contributed by atoms with E-state index in [-0.39, 0.29) is 6.54 Å². The van der Waals surface area contributed by atoms with Crippen LogP contribution < -0.4 is 5.73 Å². The number of likely N-dealkylation sites (N-methyl/N-ethyl adjacent to an activating group) is 1. The summed E-state index contributed by atoms with van der Waals surface area (Å²) in [4.78, 5) is 1.04. The molecule has 0 aliphatic rings. The first-order valence-electron chi connectivity index (χ1n) is 5.54. The highest BCUT2D eigenvalue weighted by molar-refractivity contribution is 5.24. The Balaban J connectivity index is 2.56. The molecular weight excluding hydrogens is 245 g/mol. The second-order valence-corrected chi connectivity index (χ2v) is 4.27. The quantitative estimate of drug-likeness (QED) is 0.848. The molecule has 18 heavy (non-hydrogen) atoms. The average Bonchev–Trinajstić information content (AvgIpc) is 2.26. The van der Waals surface area contributed by atoms with E-state index in [1.165, 1.54) is 7.05 Å². The monoisotopic (exact) mass is 262 g/mol. The molecule has 6 heteroatoms. The SMILES string of the molecule is CN(CC(O)c1ccc(CN)cc1)CC(F)(F)F. The molecule has 0 fully saturated rings.